The van der Waals surface area contributed by atoms with Gasteiger partial charge in [-0.15, -0.1) is 0 Å². The third kappa shape index (κ3) is 4.85. The molecule has 3 aromatic heterocycles. The van der Waals surface area contributed by atoms with Crippen LogP contribution in [-0.2, 0) is 15.8 Å². The van der Waals surface area contributed by atoms with Gasteiger partial charge in [0.05, 0.1) is 46.3 Å². The van der Waals surface area contributed by atoms with E-state index in [0.717, 1.165) is 11.0 Å². The third-order valence-electron chi connectivity index (χ3n) is 4.59. The quantitative estimate of drug-likeness (QED) is 0.458. The van der Waals surface area contributed by atoms with Gasteiger partial charge in [-0.25, -0.2) is 4.98 Å². The van der Waals surface area contributed by atoms with Crippen LogP contribution in [0.25, 0.3) is 10.9 Å². The van der Waals surface area contributed by atoms with Gasteiger partial charge < -0.3 is 28.4 Å². The smallest absolute Gasteiger partial charge is 1.00 e. The highest BCUT2D eigenvalue weighted by Gasteiger charge is 2.32. The first-order valence-electron chi connectivity index (χ1n) is 8.82. The number of H-pyrrole nitrogens is 1. The van der Waals surface area contributed by atoms with E-state index in [9.17, 15) is 22.8 Å². The monoisotopic (exact) mass is 457 g/mol. The number of aromatic nitrogens is 4. The highest BCUT2D eigenvalue weighted by molar-refractivity contribution is 6.40. The lowest BCUT2D eigenvalue weighted by atomic mass is 10.1. The Labute approximate surface area is 182 Å². The molecule has 1 atom stereocenters. The summed E-state index contributed by atoms with van der Waals surface area (Å²) in [6, 6.07) is 1.39. The number of nitrogens with zero attached hydrogens (tertiary/aromatic N) is 4. The summed E-state index contributed by atoms with van der Waals surface area (Å²) in [5.41, 5.74) is 5.69. The summed E-state index contributed by atoms with van der Waals surface area (Å²) in [4.78, 5) is 34.0. The second kappa shape index (κ2) is 9.16. The summed E-state index contributed by atoms with van der Waals surface area (Å²) in [6.45, 7) is 1.73. The normalized spacial score (nSPS) is 12.2. The molecule has 0 saturated heterocycles. The first kappa shape index (κ1) is 23.9. The Morgan fingerprint density at radius 1 is 1.26 bits per heavy atom. The molecule has 0 aliphatic heterocycles. The number of nitrogens with one attached hydrogen (secondary N) is 2. The fourth-order valence-corrected chi connectivity index (χ4v) is 2.98. The van der Waals surface area contributed by atoms with Gasteiger partial charge in [0.2, 0.25) is 0 Å². The topological polar surface area (TPSA) is 130 Å². The van der Waals surface area contributed by atoms with Crippen LogP contribution in [0.2, 0.25) is 0 Å². The Morgan fingerprint density at radius 3 is 2.55 bits per heavy atom. The fraction of sp³-hybridized carbons (Fsp3) is 0.278. The molecule has 0 fully saturated rings. The number of carbonyl (C=O) groups excluding carboxylic acids is 2. The van der Waals surface area contributed by atoms with Crippen molar-refractivity contribution in [3.63, 3.8) is 0 Å². The lowest BCUT2D eigenvalue weighted by molar-refractivity contribution is -0.143. The molecular weight excluding hydrogens is 439 g/mol. The van der Waals surface area contributed by atoms with Crippen LogP contribution < -0.4 is 23.5 Å². The lowest BCUT2D eigenvalue weighted by Gasteiger charge is -2.26. The second-order valence-corrected chi connectivity index (χ2v) is 6.48. The molecule has 1 unspecified atom stereocenters. The maximum absolute atomic E-state index is 12.7. The maximum atomic E-state index is 12.7. The van der Waals surface area contributed by atoms with Gasteiger partial charge >= 0.3 is 19.4 Å². The van der Waals surface area contributed by atoms with Crippen molar-refractivity contribution in [2.75, 3.05) is 18.1 Å². The SMILES string of the molecule is CCC(c1ccc(C(F)(F)F)cn1)N(C)C(=O)C(=O)Nc1cnc(N)c2cn[nH]c12.[Cl-].[H+]. The van der Waals surface area contributed by atoms with E-state index in [1.807, 2.05) is 0 Å². The summed E-state index contributed by atoms with van der Waals surface area (Å²) < 4.78 is 38.2. The third-order valence-corrected chi connectivity index (χ3v) is 4.59. The van der Waals surface area contributed by atoms with Gasteiger partial charge in [-0.1, -0.05) is 6.92 Å². The highest BCUT2D eigenvalue weighted by Crippen LogP contribution is 2.30. The minimum Gasteiger partial charge on any atom is -1.00 e. The Kier molecular flexibility index (Phi) is 7.05. The number of hydrogen-bond acceptors (Lipinski definition) is 6. The number of anilines is 2. The summed E-state index contributed by atoms with van der Waals surface area (Å²) in [7, 11) is 1.38. The van der Waals surface area contributed by atoms with E-state index in [2.05, 4.69) is 25.5 Å². The van der Waals surface area contributed by atoms with E-state index >= 15 is 0 Å². The standard InChI is InChI=1S/C18H18F3N7O2.ClH/c1-3-13(11-5-4-9(6-23-11)18(19,20)21)28(2)17(30)16(29)26-12-8-24-15(22)10-7-25-27-14(10)12;/h4-8,13H,3H2,1-2H3,(H2,22,24)(H,25,27)(H,26,29);1H. The predicted molar refractivity (Wildman–Crippen MR) is 103 cm³/mol. The van der Waals surface area contributed by atoms with Crippen LogP contribution in [0.4, 0.5) is 24.7 Å². The largest absolute Gasteiger partial charge is 1.00 e. The molecule has 3 heterocycles. The highest BCUT2D eigenvalue weighted by atomic mass is 35.5. The number of fused-ring (bicyclic) bond motifs is 1. The number of hydrogen-bond donors (Lipinski definition) is 3. The zero-order valence-corrected chi connectivity index (χ0v) is 17.1. The summed E-state index contributed by atoms with van der Waals surface area (Å²) in [5.74, 6) is -1.64. The molecule has 31 heavy (non-hydrogen) atoms. The van der Waals surface area contributed by atoms with Gasteiger partial charge in [0.15, 0.2) is 0 Å². The molecule has 4 N–H and O–H groups in total. The van der Waals surface area contributed by atoms with Crippen molar-refractivity contribution < 1.29 is 36.6 Å². The van der Waals surface area contributed by atoms with Crippen LogP contribution >= 0.6 is 0 Å². The molecule has 0 aliphatic carbocycles. The Hall–Kier alpha value is -3.41. The second-order valence-electron chi connectivity index (χ2n) is 6.48. The average molecular weight is 458 g/mol. The predicted octanol–water partition coefficient (Wildman–Crippen LogP) is -0.381. The minimum atomic E-state index is -4.51. The molecule has 0 aliphatic rings. The van der Waals surface area contributed by atoms with Crippen LogP contribution in [0.1, 0.15) is 32.1 Å². The average Bonchev–Trinajstić information content (AvgIpc) is 3.21. The van der Waals surface area contributed by atoms with Crippen LogP contribution in [-0.4, -0.2) is 43.9 Å². The van der Waals surface area contributed by atoms with Crippen molar-refractivity contribution in [3.8, 4) is 0 Å². The lowest BCUT2D eigenvalue weighted by Crippen LogP contribution is -3.00. The van der Waals surface area contributed by atoms with Crippen LogP contribution in [0.5, 0.6) is 0 Å². The number of nitrogens with two attached hydrogens (primary N) is 1. The number of amides is 2. The minimum absolute atomic E-state index is 0. The van der Waals surface area contributed by atoms with Crippen molar-refractivity contribution in [3.05, 3.63) is 42.0 Å². The van der Waals surface area contributed by atoms with Gasteiger partial charge in [-0.3, -0.25) is 19.7 Å². The molecule has 166 valence electrons. The summed E-state index contributed by atoms with van der Waals surface area (Å²) in [5, 5.41) is 9.43. The van der Waals surface area contributed by atoms with E-state index < -0.39 is 29.6 Å². The van der Waals surface area contributed by atoms with E-state index in [1.165, 1.54) is 25.5 Å². The first-order valence-corrected chi connectivity index (χ1v) is 8.82. The molecule has 9 nitrogen and oxygen atoms in total. The molecule has 3 aromatic rings. The van der Waals surface area contributed by atoms with Crippen molar-refractivity contribution in [2.24, 2.45) is 0 Å². The summed E-state index contributed by atoms with van der Waals surface area (Å²) in [6.07, 6.45) is -0.756. The van der Waals surface area contributed by atoms with Crippen molar-refractivity contribution in [1.29, 1.82) is 0 Å². The number of likely N-dealkylation sites (N-methyl/N-ethyl adjacent to an activating group) is 1. The molecule has 0 spiro atoms. The van der Waals surface area contributed by atoms with Crippen molar-refractivity contribution >= 4 is 34.2 Å². The molecular formula is C18H19ClF3N7O2. The molecule has 3 rings (SSSR count). The van der Waals surface area contributed by atoms with Crippen molar-refractivity contribution in [2.45, 2.75) is 25.6 Å². The molecule has 2 amide bonds. The number of halogens is 4. The van der Waals surface area contributed by atoms with Crippen LogP contribution in [0, 0.1) is 0 Å². The number of rotatable bonds is 4. The first-order chi connectivity index (χ1) is 14.1. The van der Waals surface area contributed by atoms with E-state index in [-0.39, 0.29) is 31.0 Å². The Balaban J connectivity index is 0.00000256. The molecule has 0 saturated carbocycles. The van der Waals surface area contributed by atoms with Crippen LogP contribution in [0.15, 0.2) is 30.7 Å². The number of nitrogen functional groups attached to an aromatic ring is 1. The molecule has 0 aromatic carbocycles. The van der Waals surface area contributed by atoms with Gasteiger partial charge in [0.25, 0.3) is 0 Å². The zero-order chi connectivity index (χ0) is 22.1. The van der Waals surface area contributed by atoms with E-state index in [4.69, 9.17) is 5.73 Å². The van der Waals surface area contributed by atoms with Gasteiger partial charge in [-0.2, -0.15) is 18.3 Å². The van der Waals surface area contributed by atoms with Gasteiger partial charge in [0, 0.05) is 13.2 Å². The Morgan fingerprint density at radius 2 is 1.97 bits per heavy atom. The number of alkyl halides is 3. The number of aromatic amines is 1. The number of carbonyl (C=O) groups is 2. The van der Waals surface area contributed by atoms with Gasteiger partial charge in [0.1, 0.15) is 5.82 Å². The van der Waals surface area contributed by atoms with E-state index in [0.29, 0.717) is 23.5 Å². The number of pyridine rings is 2. The van der Waals surface area contributed by atoms with Gasteiger partial charge in [-0.05, 0) is 18.6 Å². The molecule has 0 radical (unpaired) electrons. The van der Waals surface area contributed by atoms with Crippen molar-refractivity contribution in [1.82, 2.24) is 25.1 Å². The Bertz CT molecular complexity index is 1090. The summed E-state index contributed by atoms with van der Waals surface area (Å²) >= 11 is 0. The maximum Gasteiger partial charge on any atom is 1.00 e. The fourth-order valence-electron chi connectivity index (χ4n) is 2.98. The molecule has 0 bridgehead atoms. The van der Waals surface area contributed by atoms with Crippen LogP contribution in [0.3, 0.4) is 0 Å². The zero-order valence-electron chi connectivity index (χ0n) is 17.4. The van der Waals surface area contributed by atoms with E-state index in [1.54, 1.807) is 6.92 Å². The molecule has 13 heteroatoms.